The predicted octanol–water partition coefficient (Wildman–Crippen LogP) is 1.74. The maximum absolute atomic E-state index is 12.1. The number of nitrogens with one attached hydrogen (secondary N) is 1. The second-order valence-electron chi connectivity index (χ2n) is 6.92. The van der Waals surface area contributed by atoms with Crippen LogP contribution < -0.4 is 19.5 Å². The van der Waals surface area contributed by atoms with Crippen molar-refractivity contribution in [3.63, 3.8) is 0 Å². The fourth-order valence-corrected chi connectivity index (χ4v) is 3.26. The van der Waals surface area contributed by atoms with E-state index in [1.807, 2.05) is 19.1 Å². The Labute approximate surface area is 162 Å². The highest BCUT2D eigenvalue weighted by molar-refractivity contribution is 5.78. The van der Waals surface area contributed by atoms with Crippen molar-refractivity contribution in [3.8, 4) is 17.2 Å². The first-order valence-corrected chi connectivity index (χ1v) is 9.54. The Bertz CT molecular complexity index is 615. The van der Waals surface area contributed by atoms with E-state index in [1.165, 1.54) is 0 Å². The summed E-state index contributed by atoms with van der Waals surface area (Å²) >= 11 is 0. The van der Waals surface area contributed by atoms with Gasteiger partial charge in [0, 0.05) is 44.3 Å². The maximum atomic E-state index is 12.1. The molecule has 1 aromatic carbocycles. The first-order valence-electron chi connectivity index (χ1n) is 9.54. The number of benzene rings is 1. The van der Waals surface area contributed by atoms with Gasteiger partial charge in [0.15, 0.2) is 11.5 Å². The molecule has 0 aromatic heterocycles. The lowest BCUT2D eigenvalue weighted by molar-refractivity contribution is -0.123. The fourth-order valence-electron chi connectivity index (χ4n) is 3.26. The van der Waals surface area contributed by atoms with Crippen LogP contribution in [0.25, 0.3) is 0 Å². The molecule has 1 atom stereocenters. The molecule has 7 heteroatoms. The summed E-state index contributed by atoms with van der Waals surface area (Å²) < 4.78 is 16.4. The minimum atomic E-state index is 0.111. The summed E-state index contributed by atoms with van der Waals surface area (Å²) in [5.74, 6) is 2.11. The molecule has 27 heavy (non-hydrogen) atoms. The number of carbonyl (C=O) groups excluding carboxylic acids is 1. The largest absolute Gasteiger partial charge is 0.493 e. The van der Waals surface area contributed by atoms with Crippen molar-refractivity contribution in [1.82, 2.24) is 15.1 Å². The SMILES string of the molecule is CC[C@@H](C)NC(=O)CN1CCN(Cc2ccc(OC)c(OC)c2OC)CC1. The van der Waals surface area contributed by atoms with Crippen molar-refractivity contribution in [1.29, 1.82) is 0 Å². The molecule has 1 fully saturated rings. The van der Waals surface area contributed by atoms with Gasteiger partial charge in [-0.25, -0.2) is 0 Å². The third-order valence-electron chi connectivity index (χ3n) is 5.03. The monoisotopic (exact) mass is 379 g/mol. The zero-order chi connectivity index (χ0) is 19.8. The predicted molar refractivity (Wildman–Crippen MR) is 106 cm³/mol. The third kappa shape index (κ3) is 5.74. The van der Waals surface area contributed by atoms with Crippen molar-refractivity contribution in [2.45, 2.75) is 32.9 Å². The van der Waals surface area contributed by atoms with Crippen molar-refractivity contribution >= 4 is 5.91 Å². The molecule has 0 spiro atoms. The molecule has 7 nitrogen and oxygen atoms in total. The van der Waals surface area contributed by atoms with E-state index in [4.69, 9.17) is 14.2 Å². The van der Waals surface area contributed by atoms with Crippen LogP contribution in [0.3, 0.4) is 0 Å². The van der Waals surface area contributed by atoms with E-state index in [-0.39, 0.29) is 11.9 Å². The van der Waals surface area contributed by atoms with Crippen LogP contribution in [0.15, 0.2) is 12.1 Å². The highest BCUT2D eigenvalue weighted by atomic mass is 16.5. The quantitative estimate of drug-likeness (QED) is 0.705. The van der Waals surface area contributed by atoms with Gasteiger partial charge in [0.2, 0.25) is 11.7 Å². The zero-order valence-electron chi connectivity index (χ0n) is 17.2. The molecule has 1 aliphatic heterocycles. The molecule has 1 aliphatic rings. The molecular weight excluding hydrogens is 346 g/mol. The average Bonchev–Trinajstić information content (AvgIpc) is 2.68. The Balaban J connectivity index is 1.91. The number of hydrogen-bond donors (Lipinski definition) is 1. The lowest BCUT2D eigenvalue weighted by atomic mass is 10.1. The Morgan fingerprint density at radius 3 is 2.22 bits per heavy atom. The number of methoxy groups -OCH3 is 3. The van der Waals surface area contributed by atoms with Crippen molar-refractivity contribution < 1.29 is 19.0 Å². The molecule has 1 amide bonds. The third-order valence-corrected chi connectivity index (χ3v) is 5.03. The minimum Gasteiger partial charge on any atom is -0.493 e. The van der Waals surface area contributed by atoms with E-state index < -0.39 is 0 Å². The lowest BCUT2D eigenvalue weighted by Gasteiger charge is -2.34. The van der Waals surface area contributed by atoms with E-state index in [2.05, 4.69) is 22.0 Å². The second-order valence-corrected chi connectivity index (χ2v) is 6.92. The minimum absolute atomic E-state index is 0.111. The van der Waals surface area contributed by atoms with Gasteiger partial charge >= 0.3 is 0 Å². The average molecular weight is 380 g/mol. The topological polar surface area (TPSA) is 63.3 Å². The molecule has 1 heterocycles. The molecule has 1 aromatic rings. The number of carbonyl (C=O) groups is 1. The van der Waals surface area contributed by atoms with Crippen molar-refractivity contribution in [3.05, 3.63) is 17.7 Å². The van der Waals surface area contributed by atoms with Gasteiger partial charge in [-0.05, 0) is 19.4 Å². The maximum Gasteiger partial charge on any atom is 0.234 e. The van der Waals surface area contributed by atoms with Gasteiger partial charge in [-0.1, -0.05) is 13.0 Å². The smallest absolute Gasteiger partial charge is 0.234 e. The van der Waals surface area contributed by atoms with Gasteiger partial charge in [0.05, 0.1) is 27.9 Å². The van der Waals surface area contributed by atoms with Crippen LogP contribution in [-0.2, 0) is 11.3 Å². The molecule has 0 saturated carbocycles. The number of ether oxygens (including phenoxy) is 3. The normalized spacial score (nSPS) is 16.6. The van der Waals surface area contributed by atoms with Gasteiger partial charge in [-0.3, -0.25) is 14.6 Å². The summed E-state index contributed by atoms with van der Waals surface area (Å²) in [5.41, 5.74) is 1.07. The highest BCUT2D eigenvalue weighted by Gasteiger charge is 2.22. The van der Waals surface area contributed by atoms with Gasteiger partial charge in [-0.15, -0.1) is 0 Å². The summed E-state index contributed by atoms with van der Waals surface area (Å²) in [6.45, 7) is 8.93. The van der Waals surface area contributed by atoms with Gasteiger partial charge in [0.1, 0.15) is 0 Å². The Morgan fingerprint density at radius 1 is 1.04 bits per heavy atom. The molecule has 1 N–H and O–H groups in total. The summed E-state index contributed by atoms with van der Waals surface area (Å²) in [4.78, 5) is 16.6. The molecule has 0 unspecified atom stereocenters. The number of nitrogens with zero attached hydrogens (tertiary/aromatic N) is 2. The van der Waals surface area contributed by atoms with Crippen LogP contribution in [0.2, 0.25) is 0 Å². The van der Waals surface area contributed by atoms with Gasteiger partial charge in [0.25, 0.3) is 0 Å². The van der Waals surface area contributed by atoms with Crippen LogP contribution in [0.5, 0.6) is 17.2 Å². The van der Waals surface area contributed by atoms with Crippen LogP contribution in [0.4, 0.5) is 0 Å². The van der Waals surface area contributed by atoms with Crippen LogP contribution >= 0.6 is 0 Å². The molecule has 0 bridgehead atoms. The first kappa shape index (κ1) is 21.3. The molecule has 0 aliphatic carbocycles. The summed E-state index contributed by atoms with van der Waals surface area (Å²) in [6, 6.07) is 4.16. The fraction of sp³-hybridized carbons (Fsp3) is 0.650. The molecule has 0 radical (unpaired) electrons. The Morgan fingerprint density at radius 2 is 1.67 bits per heavy atom. The number of piperazine rings is 1. The standard InChI is InChI=1S/C20H33N3O4/c1-6-15(2)21-18(24)14-23-11-9-22(10-12-23)13-16-7-8-17(25-3)20(27-5)19(16)26-4/h7-8,15H,6,9-14H2,1-5H3,(H,21,24)/t15-/m1/s1. The first-order chi connectivity index (χ1) is 13.0. The van der Waals surface area contributed by atoms with Crippen LogP contribution in [-0.4, -0.2) is 75.8 Å². The number of rotatable bonds is 9. The number of hydrogen-bond acceptors (Lipinski definition) is 6. The van der Waals surface area contributed by atoms with Gasteiger partial charge < -0.3 is 19.5 Å². The lowest BCUT2D eigenvalue weighted by Crippen LogP contribution is -2.49. The van der Waals surface area contributed by atoms with Crippen molar-refractivity contribution in [2.24, 2.45) is 0 Å². The summed E-state index contributed by atoms with van der Waals surface area (Å²) in [6.07, 6.45) is 0.951. The van der Waals surface area contributed by atoms with Crippen LogP contribution in [0, 0.1) is 0 Å². The molecular formula is C20H33N3O4. The zero-order valence-corrected chi connectivity index (χ0v) is 17.2. The van der Waals surface area contributed by atoms with E-state index in [0.29, 0.717) is 23.8 Å². The molecule has 2 rings (SSSR count). The Kier molecular flexibility index (Phi) is 8.19. The van der Waals surface area contributed by atoms with E-state index in [0.717, 1.165) is 44.7 Å². The molecule has 152 valence electrons. The van der Waals surface area contributed by atoms with Gasteiger partial charge in [-0.2, -0.15) is 0 Å². The van der Waals surface area contributed by atoms with E-state index in [9.17, 15) is 4.79 Å². The number of amides is 1. The van der Waals surface area contributed by atoms with Crippen molar-refractivity contribution in [2.75, 3.05) is 54.1 Å². The molecule has 1 saturated heterocycles. The summed E-state index contributed by atoms with van der Waals surface area (Å²) in [5, 5.41) is 3.03. The second kappa shape index (κ2) is 10.4. The highest BCUT2D eigenvalue weighted by Crippen LogP contribution is 2.40. The van der Waals surface area contributed by atoms with E-state index in [1.54, 1.807) is 21.3 Å². The van der Waals surface area contributed by atoms with E-state index >= 15 is 0 Å². The summed E-state index contributed by atoms with van der Waals surface area (Å²) in [7, 11) is 4.88. The van der Waals surface area contributed by atoms with Crippen LogP contribution in [0.1, 0.15) is 25.8 Å². The Hall–Kier alpha value is -1.99.